The largest absolute Gasteiger partial charge is 0.497 e. The van der Waals surface area contributed by atoms with Crippen molar-refractivity contribution in [2.24, 2.45) is 0 Å². The third kappa shape index (κ3) is 3.12. The minimum absolute atomic E-state index is 0.329. The summed E-state index contributed by atoms with van der Waals surface area (Å²) in [6.07, 6.45) is 1.58. The van der Waals surface area contributed by atoms with Crippen LogP contribution in [0.2, 0.25) is 0 Å². The van der Waals surface area contributed by atoms with E-state index in [-0.39, 0.29) is 5.91 Å². The minimum atomic E-state index is -0.772. The van der Waals surface area contributed by atoms with Crippen molar-refractivity contribution in [3.05, 3.63) is 59.9 Å². The monoisotopic (exact) mass is 267 g/mol. The van der Waals surface area contributed by atoms with Gasteiger partial charge in [0.25, 0.3) is 5.91 Å². The number of nitrogens with one attached hydrogen (secondary N) is 1. The van der Waals surface area contributed by atoms with E-state index >= 15 is 0 Å². The van der Waals surface area contributed by atoms with Crippen molar-refractivity contribution in [2.45, 2.75) is 6.04 Å². The van der Waals surface area contributed by atoms with Gasteiger partial charge in [-0.2, -0.15) is 5.26 Å². The van der Waals surface area contributed by atoms with E-state index < -0.39 is 6.04 Å². The average Bonchev–Trinajstić information content (AvgIpc) is 2.53. The fourth-order valence-electron chi connectivity index (χ4n) is 1.68. The second-order valence-electron chi connectivity index (χ2n) is 4.02. The van der Waals surface area contributed by atoms with Gasteiger partial charge in [-0.15, -0.1) is 0 Å². The molecule has 1 heterocycles. The summed E-state index contributed by atoms with van der Waals surface area (Å²) in [5.74, 6) is 0.341. The van der Waals surface area contributed by atoms with Crippen molar-refractivity contribution < 1.29 is 9.53 Å². The third-order valence-corrected chi connectivity index (χ3v) is 2.74. The van der Waals surface area contributed by atoms with E-state index in [1.54, 1.807) is 55.8 Å². The molecule has 1 aromatic carbocycles. The van der Waals surface area contributed by atoms with Gasteiger partial charge in [-0.25, -0.2) is 0 Å². The first kappa shape index (κ1) is 13.6. The number of amides is 1. The number of aromatic nitrogens is 1. The van der Waals surface area contributed by atoms with Gasteiger partial charge in [0.05, 0.1) is 18.9 Å². The van der Waals surface area contributed by atoms with E-state index in [0.29, 0.717) is 17.0 Å². The Balaban J connectivity index is 2.11. The summed E-state index contributed by atoms with van der Waals surface area (Å²) in [7, 11) is 1.56. The summed E-state index contributed by atoms with van der Waals surface area (Å²) in [4.78, 5) is 16.1. The fourth-order valence-corrected chi connectivity index (χ4v) is 1.68. The number of nitriles is 1. The molecule has 5 heteroatoms. The number of methoxy groups -OCH3 is 1. The van der Waals surface area contributed by atoms with Gasteiger partial charge in [-0.3, -0.25) is 9.78 Å². The number of benzene rings is 1. The number of hydrogen-bond donors (Lipinski definition) is 1. The van der Waals surface area contributed by atoms with E-state index in [4.69, 9.17) is 10.00 Å². The summed E-state index contributed by atoms with van der Waals surface area (Å²) in [5.41, 5.74) is 0.971. The van der Waals surface area contributed by atoms with Gasteiger partial charge in [0.15, 0.2) is 6.04 Å². The Morgan fingerprint density at radius 1 is 1.30 bits per heavy atom. The SMILES string of the molecule is COc1ccc(C(=O)NC(C#N)c2ccccn2)cc1. The maximum atomic E-state index is 12.1. The van der Waals surface area contributed by atoms with E-state index in [1.165, 1.54) is 0 Å². The first-order valence-electron chi connectivity index (χ1n) is 6.00. The smallest absolute Gasteiger partial charge is 0.252 e. The van der Waals surface area contributed by atoms with Crippen LogP contribution in [0.15, 0.2) is 48.7 Å². The summed E-state index contributed by atoms with van der Waals surface area (Å²) < 4.78 is 5.03. The zero-order valence-electron chi connectivity index (χ0n) is 10.9. The van der Waals surface area contributed by atoms with E-state index in [1.807, 2.05) is 6.07 Å². The van der Waals surface area contributed by atoms with Crippen LogP contribution in [-0.2, 0) is 0 Å². The summed E-state index contributed by atoms with van der Waals surface area (Å²) in [6, 6.07) is 13.1. The van der Waals surface area contributed by atoms with Crippen LogP contribution in [0.1, 0.15) is 22.1 Å². The standard InChI is InChI=1S/C15H13N3O2/c1-20-12-7-5-11(6-8-12)15(19)18-14(10-16)13-4-2-3-9-17-13/h2-9,14H,1H3,(H,18,19). The molecule has 0 aliphatic carbocycles. The van der Waals surface area contributed by atoms with Crippen LogP contribution in [0.5, 0.6) is 5.75 Å². The van der Waals surface area contributed by atoms with Crippen LogP contribution >= 0.6 is 0 Å². The molecule has 0 aliphatic rings. The number of carbonyl (C=O) groups excluding carboxylic acids is 1. The molecule has 0 radical (unpaired) electrons. The van der Waals surface area contributed by atoms with Crippen molar-refractivity contribution >= 4 is 5.91 Å². The van der Waals surface area contributed by atoms with Crippen LogP contribution < -0.4 is 10.1 Å². The molecule has 2 rings (SSSR count). The second kappa shape index (κ2) is 6.34. The van der Waals surface area contributed by atoms with E-state index in [2.05, 4.69) is 10.3 Å². The van der Waals surface area contributed by atoms with Gasteiger partial charge in [0, 0.05) is 11.8 Å². The highest BCUT2D eigenvalue weighted by Gasteiger charge is 2.15. The van der Waals surface area contributed by atoms with Gasteiger partial charge in [-0.05, 0) is 36.4 Å². The van der Waals surface area contributed by atoms with Crippen LogP contribution in [0.4, 0.5) is 0 Å². The van der Waals surface area contributed by atoms with Gasteiger partial charge in [0.2, 0.25) is 0 Å². The highest BCUT2D eigenvalue weighted by molar-refractivity contribution is 5.94. The summed E-state index contributed by atoms with van der Waals surface area (Å²) in [5, 5.41) is 11.8. The number of rotatable bonds is 4. The molecule has 2 aromatic rings. The molecule has 0 aliphatic heterocycles. The molecule has 5 nitrogen and oxygen atoms in total. The highest BCUT2D eigenvalue weighted by Crippen LogP contribution is 2.13. The molecule has 100 valence electrons. The van der Waals surface area contributed by atoms with E-state index in [0.717, 1.165) is 0 Å². The Morgan fingerprint density at radius 3 is 2.60 bits per heavy atom. The molecule has 1 aromatic heterocycles. The molecule has 1 unspecified atom stereocenters. The van der Waals surface area contributed by atoms with Crippen molar-refractivity contribution in [2.75, 3.05) is 7.11 Å². The maximum Gasteiger partial charge on any atom is 0.252 e. The summed E-state index contributed by atoms with van der Waals surface area (Å²) in [6.45, 7) is 0. The lowest BCUT2D eigenvalue weighted by molar-refractivity contribution is 0.0944. The summed E-state index contributed by atoms with van der Waals surface area (Å²) >= 11 is 0. The quantitative estimate of drug-likeness (QED) is 0.920. The predicted molar refractivity (Wildman–Crippen MR) is 73.1 cm³/mol. The second-order valence-corrected chi connectivity index (χ2v) is 4.02. The molecule has 0 spiro atoms. The van der Waals surface area contributed by atoms with Crippen LogP contribution in [0.3, 0.4) is 0 Å². The van der Waals surface area contributed by atoms with Crippen molar-refractivity contribution in [3.63, 3.8) is 0 Å². The maximum absolute atomic E-state index is 12.1. The number of ether oxygens (including phenoxy) is 1. The number of hydrogen-bond acceptors (Lipinski definition) is 4. The number of pyridine rings is 1. The Kier molecular flexibility index (Phi) is 4.30. The Hall–Kier alpha value is -2.87. The van der Waals surface area contributed by atoms with Gasteiger partial charge in [0.1, 0.15) is 5.75 Å². The molecular weight excluding hydrogens is 254 g/mol. The molecular formula is C15H13N3O2. The lowest BCUT2D eigenvalue weighted by atomic mass is 10.1. The van der Waals surface area contributed by atoms with Crippen LogP contribution in [0, 0.1) is 11.3 Å². The Morgan fingerprint density at radius 2 is 2.05 bits per heavy atom. The van der Waals surface area contributed by atoms with Crippen LogP contribution in [0.25, 0.3) is 0 Å². The normalized spacial score (nSPS) is 11.2. The fraction of sp³-hybridized carbons (Fsp3) is 0.133. The predicted octanol–water partition coefficient (Wildman–Crippen LogP) is 2.08. The lowest BCUT2D eigenvalue weighted by Gasteiger charge is -2.11. The third-order valence-electron chi connectivity index (χ3n) is 2.74. The van der Waals surface area contributed by atoms with Gasteiger partial charge < -0.3 is 10.1 Å². The first-order valence-corrected chi connectivity index (χ1v) is 6.00. The zero-order valence-corrected chi connectivity index (χ0v) is 10.9. The first-order chi connectivity index (χ1) is 9.74. The minimum Gasteiger partial charge on any atom is -0.497 e. The highest BCUT2D eigenvalue weighted by atomic mass is 16.5. The molecule has 1 amide bonds. The molecule has 0 fully saturated rings. The Labute approximate surface area is 116 Å². The lowest BCUT2D eigenvalue weighted by Crippen LogP contribution is -2.28. The molecule has 0 saturated carbocycles. The topological polar surface area (TPSA) is 75.0 Å². The zero-order chi connectivity index (χ0) is 14.4. The van der Waals surface area contributed by atoms with E-state index in [9.17, 15) is 4.79 Å². The molecule has 0 saturated heterocycles. The van der Waals surface area contributed by atoms with Gasteiger partial charge in [-0.1, -0.05) is 6.07 Å². The average molecular weight is 267 g/mol. The number of nitrogens with zero attached hydrogens (tertiary/aromatic N) is 2. The molecule has 0 bridgehead atoms. The van der Waals surface area contributed by atoms with Crippen molar-refractivity contribution in [1.29, 1.82) is 5.26 Å². The van der Waals surface area contributed by atoms with Crippen molar-refractivity contribution in [3.8, 4) is 11.8 Å². The number of carbonyl (C=O) groups is 1. The molecule has 20 heavy (non-hydrogen) atoms. The molecule has 1 atom stereocenters. The van der Waals surface area contributed by atoms with Crippen molar-refractivity contribution in [1.82, 2.24) is 10.3 Å². The molecule has 1 N–H and O–H groups in total. The Bertz CT molecular complexity index is 618. The van der Waals surface area contributed by atoms with Crippen LogP contribution in [-0.4, -0.2) is 18.0 Å². The van der Waals surface area contributed by atoms with Gasteiger partial charge >= 0.3 is 0 Å².